The topological polar surface area (TPSA) is 75.4 Å². The molecule has 0 saturated carbocycles. The molecule has 0 spiro atoms. The van der Waals surface area contributed by atoms with Crippen LogP contribution in [0, 0.1) is 5.41 Å². The molecule has 24 heavy (non-hydrogen) atoms. The molecule has 0 aliphatic heterocycles. The Morgan fingerprint density at radius 1 is 1.17 bits per heavy atom. The maximum atomic E-state index is 12.8. The van der Waals surface area contributed by atoms with Crippen LogP contribution < -0.4 is 11.1 Å². The number of para-hydroxylation sites is 1. The highest BCUT2D eigenvalue weighted by Gasteiger charge is 2.37. The zero-order valence-electron chi connectivity index (χ0n) is 14.4. The number of hydrogen-bond donors (Lipinski definition) is 2. The standard InChI is InChI=1S/C17H25Cl2N3O2/c1-4-17(5-2,11-20)16(24)22(6-3)10-14(23)21-15-12(18)8-7-9-13(15)19/h7-9H,4-6,10-11,20H2,1-3H3,(H,21,23). The van der Waals surface area contributed by atoms with Crippen molar-refractivity contribution in [2.45, 2.75) is 33.6 Å². The Morgan fingerprint density at radius 3 is 2.12 bits per heavy atom. The Kier molecular flexibility index (Phi) is 8.00. The van der Waals surface area contributed by atoms with Crippen LogP contribution in [-0.4, -0.2) is 36.3 Å². The van der Waals surface area contributed by atoms with Crippen LogP contribution in [0.3, 0.4) is 0 Å². The van der Waals surface area contributed by atoms with Crippen LogP contribution in [0.25, 0.3) is 0 Å². The second kappa shape index (κ2) is 9.25. The summed E-state index contributed by atoms with van der Waals surface area (Å²) in [6.45, 7) is 6.31. The third kappa shape index (κ3) is 4.62. The molecule has 0 aromatic heterocycles. The van der Waals surface area contributed by atoms with Gasteiger partial charge in [-0.15, -0.1) is 0 Å². The molecule has 0 aliphatic rings. The fraction of sp³-hybridized carbons (Fsp3) is 0.529. The highest BCUT2D eigenvalue weighted by atomic mass is 35.5. The molecular formula is C17H25Cl2N3O2. The van der Waals surface area contributed by atoms with Gasteiger partial charge in [-0.1, -0.05) is 43.1 Å². The summed E-state index contributed by atoms with van der Waals surface area (Å²) in [6, 6.07) is 4.97. The number of carbonyl (C=O) groups excluding carboxylic acids is 2. The first-order chi connectivity index (χ1) is 11.3. The normalized spacial score (nSPS) is 11.2. The Labute approximate surface area is 153 Å². The lowest BCUT2D eigenvalue weighted by Gasteiger charge is -2.34. The molecule has 0 aliphatic carbocycles. The molecule has 0 fully saturated rings. The van der Waals surface area contributed by atoms with Gasteiger partial charge in [-0.3, -0.25) is 9.59 Å². The number of nitrogens with one attached hydrogen (secondary N) is 1. The van der Waals surface area contributed by atoms with E-state index in [0.29, 0.717) is 35.1 Å². The molecule has 1 rings (SSSR count). The van der Waals surface area contributed by atoms with Gasteiger partial charge in [-0.2, -0.15) is 0 Å². The van der Waals surface area contributed by atoms with E-state index in [9.17, 15) is 9.59 Å². The molecule has 0 radical (unpaired) electrons. The lowest BCUT2D eigenvalue weighted by atomic mass is 9.81. The highest BCUT2D eigenvalue weighted by molar-refractivity contribution is 6.39. The van der Waals surface area contributed by atoms with E-state index in [1.54, 1.807) is 18.2 Å². The predicted molar refractivity (Wildman–Crippen MR) is 99.4 cm³/mol. The van der Waals surface area contributed by atoms with E-state index in [1.165, 1.54) is 4.90 Å². The second-order valence-corrected chi connectivity index (χ2v) is 6.47. The molecule has 2 amide bonds. The monoisotopic (exact) mass is 373 g/mol. The number of carbonyl (C=O) groups is 2. The van der Waals surface area contributed by atoms with E-state index in [4.69, 9.17) is 28.9 Å². The van der Waals surface area contributed by atoms with Crippen LogP contribution >= 0.6 is 23.2 Å². The summed E-state index contributed by atoms with van der Waals surface area (Å²) < 4.78 is 0. The van der Waals surface area contributed by atoms with Crippen molar-refractivity contribution in [2.24, 2.45) is 11.1 Å². The maximum Gasteiger partial charge on any atom is 0.244 e. The summed E-state index contributed by atoms with van der Waals surface area (Å²) in [5.41, 5.74) is 5.56. The lowest BCUT2D eigenvalue weighted by molar-refractivity contribution is -0.144. The summed E-state index contributed by atoms with van der Waals surface area (Å²) >= 11 is 12.1. The predicted octanol–water partition coefficient (Wildman–Crippen LogP) is 3.55. The fourth-order valence-electron chi connectivity index (χ4n) is 2.56. The first kappa shape index (κ1) is 20.7. The first-order valence-corrected chi connectivity index (χ1v) is 8.84. The number of likely N-dealkylation sites (N-methyl/N-ethyl adjacent to an activating group) is 1. The Hall–Kier alpha value is -1.30. The molecule has 0 unspecified atom stereocenters. The zero-order chi connectivity index (χ0) is 18.3. The Bertz CT molecular complexity index is 561. The molecule has 0 heterocycles. The Morgan fingerprint density at radius 2 is 1.71 bits per heavy atom. The van der Waals surface area contributed by atoms with Gasteiger partial charge in [-0.25, -0.2) is 0 Å². The van der Waals surface area contributed by atoms with Gasteiger partial charge in [-0.05, 0) is 31.9 Å². The van der Waals surface area contributed by atoms with Crippen LogP contribution in [-0.2, 0) is 9.59 Å². The van der Waals surface area contributed by atoms with E-state index >= 15 is 0 Å². The van der Waals surface area contributed by atoms with Crippen molar-refractivity contribution in [1.82, 2.24) is 4.90 Å². The molecular weight excluding hydrogens is 349 g/mol. The van der Waals surface area contributed by atoms with Gasteiger partial charge in [0, 0.05) is 13.1 Å². The molecule has 0 atom stereocenters. The molecule has 0 bridgehead atoms. The van der Waals surface area contributed by atoms with Gasteiger partial charge in [0.15, 0.2) is 0 Å². The molecule has 1 aromatic rings. The van der Waals surface area contributed by atoms with E-state index in [2.05, 4.69) is 5.32 Å². The minimum atomic E-state index is -0.627. The number of halogens is 2. The quantitative estimate of drug-likeness (QED) is 0.731. The molecule has 0 saturated heterocycles. The third-order valence-electron chi connectivity index (χ3n) is 4.43. The van der Waals surface area contributed by atoms with E-state index in [0.717, 1.165) is 0 Å². The van der Waals surface area contributed by atoms with Gasteiger partial charge in [0.25, 0.3) is 0 Å². The Balaban J connectivity index is 2.88. The average molecular weight is 374 g/mol. The zero-order valence-corrected chi connectivity index (χ0v) is 15.9. The maximum absolute atomic E-state index is 12.8. The number of benzene rings is 1. The molecule has 1 aromatic carbocycles. The first-order valence-electron chi connectivity index (χ1n) is 8.08. The van der Waals surface area contributed by atoms with Crippen LogP contribution in [0.2, 0.25) is 10.0 Å². The summed E-state index contributed by atoms with van der Waals surface area (Å²) in [7, 11) is 0. The second-order valence-electron chi connectivity index (χ2n) is 5.66. The average Bonchev–Trinajstić information content (AvgIpc) is 2.58. The van der Waals surface area contributed by atoms with Crippen molar-refractivity contribution in [3.05, 3.63) is 28.2 Å². The molecule has 5 nitrogen and oxygen atoms in total. The fourth-order valence-corrected chi connectivity index (χ4v) is 3.05. The molecule has 134 valence electrons. The van der Waals surface area contributed by atoms with Gasteiger partial charge in [0.1, 0.15) is 0 Å². The molecule has 3 N–H and O–H groups in total. The SMILES string of the molecule is CCN(CC(=O)Nc1c(Cl)cccc1Cl)C(=O)C(CC)(CC)CN. The van der Waals surface area contributed by atoms with Crippen LogP contribution in [0.15, 0.2) is 18.2 Å². The van der Waals surface area contributed by atoms with E-state index in [1.807, 2.05) is 20.8 Å². The van der Waals surface area contributed by atoms with Crippen molar-refractivity contribution in [3.63, 3.8) is 0 Å². The minimum Gasteiger partial charge on any atom is -0.333 e. The van der Waals surface area contributed by atoms with E-state index in [-0.39, 0.29) is 24.9 Å². The van der Waals surface area contributed by atoms with Crippen LogP contribution in [0.1, 0.15) is 33.6 Å². The van der Waals surface area contributed by atoms with Gasteiger partial charge in [0.2, 0.25) is 11.8 Å². The number of rotatable bonds is 8. The lowest BCUT2D eigenvalue weighted by Crippen LogP contribution is -2.49. The van der Waals surface area contributed by atoms with Crippen molar-refractivity contribution in [2.75, 3.05) is 25.0 Å². The number of nitrogens with zero attached hydrogens (tertiary/aromatic N) is 1. The summed E-state index contributed by atoms with van der Waals surface area (Å²) in [6.07, 6.45) is 1.26. The van der Waals surface area contributed by atoms with Crippen LogP contribution in [0.4, 0.5) is 5.69 Å². The number of hydrogen-bond acceptors (Lipinski definition) is 3. The van der Waals surface area contributed by atoms with Gasteiger partial charge >= 0.3 is 0 Å². The summed E-state index contributed by atoms with van der Waals surface area (Å²) in [5, 5.41) is 3.38. The van der Waals surface area contributed by atoms with E-state index < -0.39 is 5.41 Å². The summed E-state index contributed by atoms with van der Waals surface area (Å²) in [5.74, 6) is -0.448. The van der Waals surface area contributed by atoms with Crippen molar-refractivity contribution >= 4 is 40.7 Å². The number of nitrogens with two attached hydrogens (primary N) is 1. The largest absolute Gasteiger partial charge is 0.333 e. The van der Waals surface area contributed by atoms with Gasteiger partial charge < -0.3 is 16.0 Å². The molecule has 7 heteroatoms. The smallest absolute Gasteiger partial charge is 0.244 e. The third-order valence-corrected chi connectivity index (χ3v) is 5.06. The van der Waals surface area contributed by atoms with Gasteiger partial charge in [0.05, 0.1) is 27.7 Å². The van der Waals surface area contributed by atoms with Crippen molar-refractivity contribution in [1.29, 1.82) is 0 Å². The number of amides is 2. The van der Waals surface area contributed by atoms with Crippen LogP contribution in [0.5, 0.6) is 0 Å². The number of anilines is 1. The van der Waals surface area contributed by atoms with Crippen molar-refractivity contribution in [3.8, 4) is 0 Å². The summed E-state index contributed by atoms with van der Waals surface area (Å²) in [4.78, 5) is 26.7. The minimum absolute atomic E-state index is 0.0708. The van der Waals surface area contributed by atoms with Crippen molar-refractivity contribution < 1.29 is 9.59 Å². The highest BCUT2D eigenvalue weighted by Crippen LogP contribution is 2.30.